The van der Waals surface area contributed by atoms with Crippen molar-refractivity contribution in [3.63, 3.8) is 0 Å². The number of hydrogen-bond donors (Lipinski definition) is 1. The van der Waals surface area contributed by atoms with Crippen LogP contribution in [-0.2, 0) is 9.53 Å². The zero-order valence-corrected chi connectivity index (χ0v) is 14.8. The van der Waals surface area contributed by atoms with Crippen LogP contribution in [0.25, 0.3) is 0 Å². The van der Waals surface area contributed by atoms with Crippen molar-refractivity contribution in [1.82, 2.24) is 4.90 Å². The van der Waals surface area contributed by atoms with E-state index in [2.05, 4.69) is 18.7 Å². The molecule has 24 heavy (non-hydrogen) atoms. The van der Waals surface area contributed by atoms with E-state index >= 15 is 0 Å². The molecule has 1 aliphatic heterocycles. The Bertz CT molecular complexity index is 533. The van der Waals surface area contributed by atoms with Crippen LogP contribution in [-0.4, -0.2) is 54.1 Å². The first-order chi connectivity index (χ1) is 11.4. The van der Waals surface area contributed by atoms with Crippen LogP contribution in [0.4, 0.5) is 0 Å². The van der Waals surface area contributed by atoms with Crippen LogP contribution in [0.5, 0.6) is 11.5 Å². The Morgan fingerprint density at radius 2 is 1.79 bits per heavy atom. The fraction of sp³-hybridized carbons (Fsp3) is 0.611. The SMILES string of the molecule is CCN(CC)CCOC(C)C(C(=O)O)C1(C)Oc2ccccc2O1. The third kappa shape index (κ3) is 3.99. The number of carboxylic acid groups (broad SMARTS) is 1. The van der Waals surface area contributed by atoms with E-state index < -0.39 is 23.8 Å². The van der Waals surface area contributed by atoms with E-state index in [1.807, 2.05) is 12.1 Å². The van der Waals surface area contributed by atoms with Gasteiger partial charge in [-0.05, 0) is 32.1 Å². The Morgan fingerprint density at radius 1 is 1.25 bits per heavy atom. The van der Waals surface area contributed by atoms with Gasteiger partial charge in [0.1, 0.15) is 0 Å². The fourth-order valence-corrected chi connectivity index (χ4v) is 3.06. The zero-order valence-electron chi connectivity index (χ0n) is 14.8. The predicted molar refractivity (Wildman–Crippen MR) is 90.4 cm³/mol. The average molecular weight is 337 g/mol. The molecule has 2 atom stereocenters. The minimum atomic E-state index is -1.29. The summed E-state index contributed by atoms with van der Waals surface area (Å²) in [5.74, 6) is -2.12. The highest BCUT2D eigenvalue weighted by atomic mass is 16.7. The fourth-order valence-electron chi connectivity index (χ4n) is 3.06. The summed E-state index contributed by atoms with van der Waals surface area (Å²) in [5.41, 5.74) is 0. The molecule has 0 spiro atoms. The lowest BCUT2D eigenvalue weighted by molar-refractivity contribution is -0.184. The largest absolute Gasteiger partial charge is 0.481 e. The monoisotopic (exact) mass is 337 g/mol. The number of nitrogens with zero attached hydrogens (tertiary/aromatic N) is 1. The van der Waals surface area contributed by atoms with E-state index in [0.717, 1.165) is 19.6 Å². The summed E-state index contributed by atoms with van der Waals surface area (Å²) in [6.07, 6.45) is -0.544. The number of para-hydroxylation sites is 2. The number of likely N-dealkylation sites (N-methyl/N-ethyl adjacent to an activating group) is 1. The number of fused-ring (bicyclic) bond motifs is 1. The van der Waals surface area contributed by atoms with Crippen molar-refractivity contribution < 1.29 is 24.1 Å². The Kier molecular flexibility index (Phi) is 6.07. The van der Waals surface area contributed by atoms with Crippen molar-refractivity contribution in [3.05, 3.63) is 24.3 Å². The van der Waals surface area contributed by atoms with Crippen LogP contribution in [0, 0.1) is 5.92 Å². The summed E-state index contributed by atoms with van der Waals surface area (Å²) in [6.45, 7) is 10.7. The Hall–Kier alpha value is -1.79. The number of aliphatic carboxylic acids is 1. The van der Waals surface area contributed by atoms with Crippen LogP contribution in [0.2, 0.25) is 0 Å². The second-order valence-corrected chi connectivity index (χ2v) is 6.09. The Balaban J connectivity index is 2.03. The number of hydrogen-bond acceptors (Lipinski definition) is 5. The predicted octanol–water partition coefficient (Wildman–Crippen LogP) is 2.62. The highest BCUT2D eigenvalue weighted by Crippen LogP contribution is 2.43. The molecular weight excluding hydrogens is 310 g/mol. The first kappa shape index (κ1) is 18.5. The molecular formula is C18H27NO5. The van der Waals surface area contributed by atoms with Gasteiger partial charge in [-0.25, -0.2) is 0 Å². The van der Waals surface area contributed by atoms with Gasteiger partial charge in [-0.2, -0.15) is 0 Å². The first-order valence-corrected chi connectivity index (χ1v) is 8.45. The number of rotatable bonds is 9. The molecule has 1 N–H and O–H groups in total. The molecule has 0 aromatic heterocycles. The van der Waals surface area contributed by atoms with Gasteiger partial charge < -0.3 is 24.2 Å². The normalized spacial score (nSPS) is 17.7. The zero-order chi connectivity index (χ0) is 17.7. The molecule has 2 unspecified atom stereocenters. The van der Waals surface area contributed by atoms with Crippen LogP contribution in [0.1, 0.15) is 27.7 Å². The molecule has 0 radical (unpaired) electrons. The molecule has 0 saturated heterocycles. The second-order valence-electron chi connectivity index (χ2n) is 6.09. The summed E-state index contributed by atoms with van der Waals surface area (Å²) in [4.78, 5) is 14.1. The highest BCUT2D eigenvalue weighted by Gasteiger charge is 2.51. The average Bonchev–Trinajstić information content (AvgIpc) is 2.87. The minimum Gasteiger partial charge on any atom is -0.481 e. The van der Waals surface area contributed by atoms with Gasteiger partial charge in [0.05, 0.1) is 12.7 Å². The lowest BCUT2D eigenvalue weighted by Crippen LogP contribution is -2.52. The lowest BCUT2D eigenvalue weighted by Gasteiger charge is -2.33. The van der Waals surface area contributed by atoms with Crippen molar-refractivity contribution in [2.24, 2.45) is 5.92 Å². The molecule has 6 heteroatoms. The van der Waals surface area contributed by atoms with Gasteiger partial charge in [0.2, 0.25) is 0 Å². The van der Waals surface area contributed by atoms with Gasteiger partial charge in [0.15, 0.2) is 17.4 Å². The van der Waals surface area contributed by atoms with Gasteiger partial charge in [0.25, 0.3) is 5.79 Å². The van der Waals surface area contributed by atoms with E-state index in [1.54, 1.807) is 26.0 Å². The standard InChI is InChI=1S/C18H27NO5/c1-5-19(6-2)11-12-22-13(3)16(17(20)21)18(4)23-14-9-7-8-10-15(14)24-18/h7-10,13,16H,5-6,11-12H2,1-4H3,(H,20,21). The molecule has 0 aliphatic carbocycles. The molecule has 0 bridgehead atoms. The van der Waals surface area contributed by atoms with Crippen molar-refractivity contribution in [2.75, 3.05) is 26.2 Å². The van der Waals surface area contributed by atoms with Crippen molar-refractivity contribution in [3.8, 4) is 11.5 Å². The number of ether oxygens (including phenoxy) is 3. The Labute approximate surface area is 143 Å². The summed E-state index contributed by atoms with van der Waals surface area (Å²) in [5, 5.41) is 9.70. The maximum Gasteiger partial charge on any atom is 0.317 e. The van der Waals surface area contributed by atoms with E-state index in [4.69, 9.17) is 14.2 Å². The van der Waals surface area contributed by atoms with Gasteiger partial charge in [-0.1, -0.05) is 26.0 Å². The molecule has 134 valence electrons. The number of benzene rings is 1. The number of carboxylic acids is 1. The summed E-state index contributed by atoms with van der Waals surface area (Å²) < 4.78 is 17.4. The quantitative estimate of drug-likeness (QED) is 0.747. The topological polar surface area (TPSA) is 68.2 Å². The molecule has 0 saturated carbocycles. The maximum atomic E-state index is 11.8. The smallest absolute Gasteiger partial charge is 0.317 e. The van der Waals surface area contributed by atoms with Crippen LogP contribution < -0.4 is 9.47 Å². The van der Waals surface area contributed by atoms with Gasteiger partial charge in [-0.15, -0.1) is 0 Å². The van der Waals surface area contributed by atoms with E-state index in [9.17, 15) is 9.90 Å². The number of carbonyl (C=O) groups is 1. The summed E-state index contributed by atoms with van der Waals surface area (Å²) >= 11 is 0. The van der Waals surface area contributed by atoms with Crippen LogP contribution >= 0.6 is 0 Å². The van der Waals surface area contributed by atoms with Crippen LogP contribution in [0.15, 0.2) is 24.3 Å². The van der Waals surface area contributed by atoms with E-state index in [0.29, 0.717) is 18.1 Å². The molecule has 1 aromatic carbocycles. The van der Waals surface area contributed by atoms with Gasteiger partial charge >= 0.3 is 5.97 Å². The van der Waals surface area contributed by atoms with E-state index in [1.165, 1.54) is 0 Å². The third-order valence-corrected chi connectivity index (χ3v) is 4.46. The van der Waals surface area contributed by atoms with Crippen LogP contribution in [0.3, 0.4) is 0 Å². The van der Waals surface area contributed by atoms with Crippen molar-refractivity contribution >= 4 is 5.97 Å². The molecule has 0 fully saturated rings. The molecule has 0 amide bonds. The molecule has 1 heterocycles. The van der Waals surface area contributed by atoms with E-state index in [-0.39, 0.29) is 0 Å². The minimum absolute atomic E-state index is 0.468. The second kappa shape index (κ2) is 7.85. The first-order valence-electron chi connectivity index (χ1n) is 8.45. The Morgan fingerprint density at radius 3 is 2.25 bits per heavy atom. The van der Waals surface area contributed by atoms with Crippen molar-refractivity contribution in [1.29, 1.82) is 0 Å². The lowest BCUT2D eigenvalue weighted by atomic mass is 9.94. The van der Waals surface area contributed by atoms with Gasteiger partial charge in [0, 0.05) is 13.5 Å². The maximum absolute atomic E-state index is 11.8. The molecule has 2 rings (SSSR count). The molecule has 1 aliphatic rings. The van der Waals surface area contributed by atoms with Crippen molar-refractivity contribution in [2.45, 2.75) is 39.6 Å². The molecule has 1 aromatic rings. The summed E-state index contributed by atoms with van der Waals surface area (Å²) in [6, 6.07) is 7.19. The van der Waals surface area contributed by atoms with Gasteiger partial charge in [-0.3, -0.25) is 4.79 Å². The summed E-state index contributed by atoms with van der Waals surface area (Å²) in [7, 11) is 0. The molecule has 6 nitrogen and oxygen atoms in total. The highest BCUT2D eigenvalue weighted by molar-refractivity contribution is 5.72. The third-order valence-electron chi connectivity index (χ3n) is 4.46.